The average molecular weight is 431 g/mol. The molecule has 2 aliphatic heterocycles. The molecule has 4 rings (SSSR count). The normalized spacial score (nSPS) is 19.4. The van der Waals surface area contributed by atoms with Gasteiger partial charge in [0.1, 0.15) is 11.4 Å². The van der Waals surface area contributed by atoms with Crippen LogP contribution in [0.4, 0.5) is 10.8 Å². The first-order valence-corrected chi connectivity index (χ1v) is 11.0. The average Bonchev–Trinajstić information content (AvgIpc) is 3.27. The third-order valence-electron chi connectivity index (χ3n) is 5.45. The van der Waals surface area contributed by atoms with Crippen LogP contribution in [0.1, 0.15) is 23.3 Å². The van der Waals surface area contributed by atoms with Gasteiger partial charge in [-0.25, -0.2) is 4.98 Å². The Morgan fingerprint density at radius 1 is 1.17 bits per heavy atom. The molecule has 1 N–H and O–H groups in total. The summed E-state index contributed by atoms with van der Waals surface area (Å²) in [6.07, 6.45) is 1.65. The van der Waals surface area contributed by atoms with Gasteiger partial charge in [0.25, 0.3) is 5.91 Å². The van der Waals surface area contributed by atoms with Gasteiger partial charge in [0.2, 0.25) is 5.91 Å². The summed E-state index contributed by atoms with van der Waals surface area (Å²) in [6.45, 7) is 3.55. The highest BCUT2D eigenvalue weighted by Crippen LogP contribution is 2.25. The van der Waals surface area contributed by atoms with E-state index >= 15 is 0 Å². The van der Waals surface area contributed by atoms with Crippen molar-refractivity contribution in [1.29, 1.82) is 0 Å². The summed E-state index contributed by atoms with van der Waals surface area (Å²) in [5, 5.41) is 5.63. The first-order chi connectivity index (χ1) is 14.6. The van der Waals surface area contributed by atoms with Gasteiger partial charge in [-0.2, -0.15) is 0 Å². The van der Waals surface area contributed by atoms with Gasteiger partial charge in [-0.05, 0) is 37.1 Å². The number of piperidine rings is 1. The fourth-order valence-electron chi connectivity index (χ4n) is 3.79. The Hall–Kier alpha value is -2.65. The quantitative estimate of drug-likeness (QED) is 0.785. The number of anilines is 2. The maximum atomic E-state index is 13.0. The first kappa shape index (κ1) is 20.6. The molecule has 0 bridgehead atoms. The number of rotatable bonds is 5. The lowest BCUT2D eigenvalue weighted by Crippen LogP contribution is -2.49. The molecule has 30 heavy (non-hydrogen) atoms. The maximum Gasteiger partial charge on any atom is 0.273 e. The number of carbonyl (C=O) groups excluding carboxylic acids is 2. The van der Waals surface area contributed by atoms with Crippen molar-refractivity contribution in [1.82, 2.24) is 14.8 Å². The number of morpholine rings is 1. The van der Waals surface area contributed by atoms with E-state index in [0.29, 0.717) is 50.2 Å². The third-order valence-corrected chi connectivity index (χ3v) is 6.20. The maximum absolute atomic E-state index is 13.0. The number of benzene rings is 1. The van der Waals surface area contributed by atoms with E-state index in [1.807, 2.05) is 29.2 Å². The Balaban J connectivity index is 1.37. The van der Waals surface area contributed by atoms with Crippen LogP contribution in [0.25, 0.3) is 0 Å². The molecular formula is C21H26N4O4S. The lowest BCUT2D eigenvalue weighted by atomic mass is 9.96. The van der Waals surface area contributed by atoms with Gasteiger partial charge >= 0.3 is 0 Å². The highest BCUT2D eigenvalue weighted by atomic mass is 32.1. The number of methoxy groups -OCH3 is 1. The highest BCUT2D eigenvalue weighted by Gasteiger charge is 2.32. The summed E-state index contributed by atoms with van der Waals surface area (Å²) in [5.74, 6) is 0.655. The molecule has 2 aliphatic rings. The summed E-state index contributed by atoms with van der Waals surface area (Å²) in [7, 11) is 1.63. The molecule has 160 valence electrons. The summed E-state index contributed by atoms with van der Waals surface area (Å²) in [4.78, 5) is 33.9. The molecule has 0 aliphatic carbocycles. The van der Waals surface area contributed by atoms with E-state index < -0.39 is 0 Å². The summed E-state index contributed by atoms with van der Waals surface area (Å²) in [6, 6.07) is 7.52. The van der Waals surface area contributed by atoms with Crippen LogP contribution in [0.3, 0.4) is 0 Å². The Labute approximate surface area is 179 Å². The van der Waals surface area contributed by atoms with E-state index in [4.69, 9.17) is 9.47 Å². The fraction of sp³-hybridized carbons (Fsp3) is 0.476. The van der Waals surface area contributed by atoms with Gasteiger partial charge in [-0.15, -0.1) is 11.3 Å². The minimum absolute atomic E-state index is 0.117. The number of hydrogen-bond acceptors (Lipinski definition) is 7. The van der Waals surface area contributed by atoms with E-state index in [1.54, 1.807) is 17.4 Å². The number of thiazole rings is 1. The second-order valence-electron chi connectivity index (χ2n) is 7.42. The van der Waals surface area contributed by atoms with Crippen molar-refractivity contribution >= 4 is 34.0 Å². The van der Waals surface area contributed by atoms with Gasteiger partial charge in [-0.3, -0.25) is 9.59 Å². The Kier molecular flexibility index (Phi) is 6.49. The molecule has 0 spiro atoms. The van der Waals surface area contributed by atoms with Crippen molar-refractivity contribution < 1.29 is 19.1 Å². The number of hydrogen-bond donors (Lipinski definition) is 1. The summed E-state index contributed by atoms with van der Waals surface area (Å²) < 4.78 is 10.5. The molecule has 1 unspecified atom stereocenters. The second kappa shape index (κ2) is 9.44. The van der Waals surface area contributed by atoms with Crippen molar-refractivity contribution in [2.24, 2.45) is 5.92 Å². The van der Waals surface area contributed by atoms with Crippen molar-refractivity contribution in [3.8, 4) is 5.75 Å². The highest BCUT2D eigenvalue weighted by molar-refractivity contribution is 7.14. The molecule has 0 saturated carbocycles. The topological polar surface area (TPSA) is 84.0 Å². The molecule has 1 aromatic heterocycles. The predicted octanol–water partition coefficient (Wildman–Crippen LogP) is 2.61. The number of nitrogens with zero attached hydrogens (tertiary/aromatic N) is 3. The van der Waals surface area contributed by atoms with E-state index in [-0.39, 0.29) is 17.7 Å². The lowest BCUT2D eigenvalue weighted by Gasteiger charge is -2.36. The van der Waals surface area contributed by atoms with Crippen molar-refractivity contribution in [3.63, 3.8) is 0 Å². The van der Waals surface area contributed by atoms with E-state index in [9.17, 15) is 9.59 Å². The first-order valence-electron chi connectivity index (χ1n) is 10.2. The molecule has 1 aromatic carbocycles. The number of nitrogens with one attached hydrogen (secondary N) is 1. The Bertz CT molecular complexity index is 879. The van der Waals surface area contributed by atoms with Crippen LogP contribution in [-0.2, 0) is 9.53 Å². The Morgan fingerprint density at radius 2 is 1.93 bits per heavy atom. The minimum Gasteiger partial charge on any atom is -0.497 e. The fourth-order valence-corrected chi connectivity index (χ4v) is 4.50. The van der Waals surface area contributed by atoms with Gasteiger partial charge in [0, 0.05) is 37.2 Å². The van der Waals surface area contributed by atoms with Gasteiger partial charge in [0.05, 0.1) is 26.2 Å². The Morgan fingerprint density at radius 3 is 2.67 bits per heavy atom. The van der Waals surface area contributed by atoms with E-state index in [2.05, 4.69) is 10.3 Å². The van der Waals surface area contributed by atoms with Gasteiger partial charge < -0.3 is 24.6 Å². The second-order valence-corrected chi connectivity index (χ2v) is 8.28. The number of ether oxygens (including phenoxy) is 2. The zero-order valence-electron chi connectivity index (χ0n) is 17.0. The number of aromatic nitrogens is 1. The molecule has 2 aromatic rings. The van der Waals surface area contributed by atoms with Crippen molar-refractivity contribution in [2.75, 3.05) is 51.8 Å². The lowest BCUT2D eigenvalue weighted by molar-refractivity contribution is -0.141. The van der Waals surface area contributed by atoms with E-state index in [0.717, 1.165) is 24.3 Å². The smallest absolute Gasteiger partial charge is 0.273 e. The molecule has 9 heteroatoms. The van der Waals surface area contributed by atoms with Crippen LogP contribution >= 0.6 is 11.3 Å². The molecule has 2 amide bonds. The third kappa shape index (κ3) is 4.73. The molecule has 8 nitrogen and oxygen atoms in total. The van der Waals surface area contributed by atoms with Gasteiger partial charge in [-0.1, -0.05) is 0 Å². The van der Waals surface area contributed by atoms with Crippen molar-refractivity contribution in [3.05, 3.63) is 35.3 Å². The molecule has 1 atom stereocenters. The minimum atomic E-state index is -0.142. The van der Waals surface area contributed by atoms with Crippen LogP contribution < -0.4 is 10.1 Å². The number of likely N-dealkylation sites (tertiary alicyclic amines) is 1. The SMILES string of the molecule is COc1ccc(Nc2nc(C(=O)N3CCCC(C(=O)N4CCOCC4)C3)cs2)cc1. The molecule has 2 fully saturated rings. The van der Waals surface area contributed by atoms with Crippen LogP contribution in [0.5, 0.6) is 5.75 Å². The predicted molar refractivity (Wildman–Crippen MR) is 114 cm³/mol. The van der Waals surface area contributed by atoms with Crippen LogP contribution in [0.2, 0.25) is 0 Å². The largest absolute Gasteiger partial charge is 0.497 e. The zero-order valence-corrected chi connectivity index (χ0v) is 17.8. The number of amides is 2. The molecule has 0 radical (unpaired) electrons. The molecule has 3 heterocycles. The summed E-state index contributed by atoms with van der Waals surface area (Å²) in [5.41, 5.74) is 1.29. The number of carbonyl (C=O) groups is 2. The molecule has 2 saturated heterocycles. The van der Waals surface area contributed by atoms with Crippen LogP contribution in [0, 0.1) is 5.92 Å². The standard InChI is InChI=1S/C21H26N4O4S/c1-28-17-6-4-16(5-7-17)22-21-23-18(14-30-21)20(27)25-8-2-3-15(13-25)19(26)24-9-11-29-12-10-24/h4-7,14-15H,2-3,8-13H2,1H3,(H,22,23). The summed E-state index contributed by atoms with van der Waals surface area (Å²) >= 11 is 1.39. The van der Waals surface area contributed by atoms with E-state index in [1.165, 1.54) is 11.3 Å². The monoisotopic (exact) mass is 430 g/mol. The van der Waals surface area contributed by atoms with Crippen LogP contribution in [0.15, 0.2) is 29.6 Å². The zero-order chi connectivity index (χ0) is 20.9. The van der Waals surface area contributed by atoms with Gasteiger partial charge in [0.15, 0.2) is 5.13 Å². The molecular weight excluding hydrogens is 404 g/mol. The van der Waals surface area contributed by atoms with Crippen LogP contribution in [-0.4, -0.2) is 73.1 Å². The van der Waals surface area contributed by atoms with Crippen molar-refractivity contribution in [2.45, 2.75) is 12.8 Å².